The van der Waals surface area contributed by atoms with Gasteiger partial charge in [0, 0.05) is 12.5 Å². The molecular formula is C10H7F3O2. The van der Waals surface area contributed by atoms with Gasteiger partial charge in [0.2, 0.25) is 5.78 Å². The predicted octanol–water partition coefficient (Wildman–Crippen LogP) is 2.48. The van der Waals surface area contributed by atoms with E-state index in [0.29, 0.717) is 0 Å². The Morgan fingerprint density at radius 1 is 1.13 bits per heavy atom. The fourth-order valence-electron chi connectivity index (χ4n) is 1.12. The van der Waals surface area contributed by atoms with Gasteiger partial charge >= 0.3 is 6.18 Å². The molecule has 0 saturated heterocycles. The number of carbonyl (C=O) groups excluding carboxylic acids is 2. The summed E-state index contributed by atoms with van der Waals surface area (Å²) in [4.78, 5) is 21.9. The van der Waals surface area contributed by atoms with Crippen LogP contribution >= 0.6 is 0 Å². The Balaban J connectivity index is 3.31. The number of hydrogen-bond acceptors (Lipinski definition) is 2. The lowest BCUT2D eigenvalue weighted by Crippen LogP contribution is -2.17. The van der Waals surface area contributed by atoms with Crippen molar-refractivity contribution in [1.82, 2.24) is 0 Å². The Hall–Kier alpha value is -1.65. The van der Waals surface area contributed by atoms with Gasteiger partial charge < -0.3 is 0 Å². The summed E-state index contributed by atoms with van der Waals surface area (Å²) in [5.41, 5.74) is -1.68. The second-order valence-electron chi connectivity index (χ2n) is 2.93. The van der Waals surface area contributed by atoms with Crippen molar-refractivity contribution in [3.05, 3.63) is 35.4 Å². The molecule has 5 heteroatoms. The van der Waals surface area contributed by atoms with Crippen LogP contribution in [-0.2, 0) is 11.0 Å². The maximum atomic E-state index is 12.4. The fourth-order valence-corrected chi connectivity index (χ4v) is 1.12. The van der Waals surface area contributed by atoms with Crippen molar-refractivity contribution in [3.8, 4) is 0 Å². The summed E-state index contributed by atoms with van der Waals surface area (Å²) in [6.07, 6.45) is -4.62. The van der Waals surface area contributed by atoms with E-state index in [2.05, 4.69) is 0 Å². The van der Waals surface area contributed by atoms with Gasteiger partial charge in [0.05, 0.1) is 5.56 Å². The second kappa shape index (κ2) is 3.84. The highest BCUT2D eigenvalue weighted by Crippen LogP contribution is 2.31. The van der Waals surface area contributed by atoms with Crippen LogP contribution in [0.15, 0.2) is 24.3 Å². The first-order chi connectivity index (χ1) is 6.84. The summed E-state index contributed by atoms with van der Waals surface area (Å²) >= 11 is 0. The van der Waals surface area contributed by atoms with Crippen molar-refractivity contribution in [3.63, 3.8) is 0 Å². The van der Waals surface area contributed by atoms with Crippen LogP contribution < -0.4 is 0 Å². The zero-order chi connectivity index (χ0) is 11.6. The van der Waals surface area contributed by atoms with Gasteiger partial charge in [-0.15, -0.1) is 0 Å². The van der Waals surface area contributed by atoms with E-state index < -0.39 is 28.9 Å². The molecule has 1 aromatic carbocycles. The minimum Gasteiger partial charge on any atom is -0.291 e. The smallest absolute Gasteiger partial charge is 0.291 e. The van der Waals surface area contributed by atoms with Crippen LogP contribution in [0.4, 0.5) is 13.2 Å². The van der Waals surface area contributed by atoms with Crippen LogP contribution in [0.25, 0.3) is 0 Å². The van der Waals surface area contributed by atoms with E-state index >= 15 is 0 Å². The molecule has 0 aliphatic heterocycles. The number of halogens is 3. The minimum absolute atomic E-state index is 0.600. The predicted molar refractivity (Wildman–Crippen MR) is 46.5 cm³/mol. The van der Waals surface area contributed by atoms with Gasteiger partial charge in [-0.05, 0) is 6.07 Å². The highest BCUT2D eigenvalue weighted by molar-refractivity contribution is 6.43. The highest BCUT2D eigenvalue weighted by atomic mass is 19.4. The molecule has 0 aliphatic rings. The number of rotatable bonds is 2. The number of ketones is 2. The third kappa shape index (κ3) is 2.43. The molecule has 0 aromatic heterocycles. The summed E-state index contributed by atoms with van der Waals surface area (Å²) in [6.45, 7) is 0.940. The van der Waals surface area contributed by atoms with Gasteiger partial charge in [0.1, 0.15) is 0 Å². The third-order valence-electron chi connectivity index (χ3n) is 1.80. The first kappa shape index (κ1) is 11.4. The van der Waals surface area contributed by atoms with Gasteiger partial charge in [0.25, 0.3) is 0 Å². The molecule has 0 radical (unpaired) electrons. The van der Waals surface area contributed by atoms with Gasteiger partial charge in [-0.3, -0.25) is 9.59 Å². The van der Waals surface area contributed by atoms with Gasteiger partial charge in [-0.25, -0.2) is 0 Å². The molecule has 0 N–H and O–H groups in total. The van der Waals surface area contributed by atoms with Crippen molar-refractivity contribution in [1.29, 1.82) is 0 Å². The number of hydrogen-bond donors (Lipinski definition) is 0. The van der Waals surface area contributed by atoms with Crippen LogP contribution in [0.1, 0.15) is 22.8 Å². The molecule has 0 spiro atoms. The average Bonchev–Trinajstić information content (AvgIpc) is 2.15. The Labute approximate surface area is 83.7 Å². The molecule has 15 heavy (non-hydrogen) atoms. The zero-order valence-corrected chi connectivity index (χ0v) is 7.76. The molecule has 80 valence electrons. The van der Waals surface area contributed by atoms with Gasteiger partial charge in [-0.1, -0.05) is 18.2 Å². The van der Waals surface area contributed by atoms with Crippen LogP contribution in [-0.4, -0.2) is 11.6 Å². The van der Waals surface area contributed by atoms with Crippen molar-refractivity contribution in [2.45, 2.75) is 13.1 Å². The molecule has 0 saturated carbocycles. The minimum atomic E-state index is -4.62. The summed E-state index contributed by atoms with van der Waals surface area (Å²) in [7, 11) is 0. The average molecular weight is 216 g/mol. The van der Waals surface area contributed by atoms with E-state index in [0.717, 1.165) is 19.1 Å². The maximum Gasteiger partial charge on any atom is 0.417 e. The van der Waals surface area contributed by atoms with Crippen molar-refractivity contribution in [2.24, 2.45) is 0 Å². The molecule has 0 bridgehead atoms. The van der Waals surface area contributed by atoms with E-state index in [1.54, 1.807) is 0 Å². The van der Waals surface area contributed by atoms with Gasteiger partial charge in [-0.2, -0.15) is 13.2 Å². The Bertz CT molecular complexity index is 407. The number of carbonyl (C=O) groups is 2. The Kier molecular flexibility index (Phi) is 2.93. The number of alkyl halides is 3. The first-order valence-electron chi connectivity index (χ1n) is 4.05. The van der Waals surface area contributed by atoms with Gasteiger partial charge in [0.15, 0.2) is 5.78 Å². The maximum absolute atomic E-state index is 12.4. The summed E-state index contributed by atoms with van der Waals surface area (Å²) in [5.74, 6) is -2.03. The lowest BCUT2D eigenvalue weighted by Gasteiger charge is -2.10. The molecule has 0 aliphatic carbocycles. The normalized spacial score (nSPS) is 11.2. The van der Waals surface area contributed by atoms with Crippen LogP contribution in [0, 0.1) is 0 Å². The Morgan fingerprint density at radius 3 is 2.13 bits per heavy atom. The highest BCUT2D eigenvalue weighted by Gasteiger charge is 2.35. The topological polar surface area (TPSA) is 34.1 Å². The Morgan fingerprint density at radius 2 is 1.67 bits per heavy atom. The van der Waals surface area contributed by atoms with Crippen molar-refractivity contribution in [2.75, 3.05) is 0 Å². The van der Waals surface area contributed by atoms with Crippen LogP contribution in [0.5, 0.6) is 0 Å². The fraction of sp³-hybridized carbons (Fsp3) is 0.200. The van der Waals surface area contributed by atoms with E-state index in [9.17, 15) is 22.8 Å². The molecule has 0 atom stereocenters. The van der Waals surface area contributed by atoms with Crippen LogP contribution in [0.3, 0.4) is 0 Å². The largest absolute Gasteiger partial charge is 0.417 e. The zero-order valence-electron chi connectivity index (χ0n) is 7.76. The second-order valence-corrected chi connectivity index (χ2v) is 2.93. The summed E-state index contributed by atoms with van der Waals surface area (Å²) < 4.78 is 37.2. The molecule has 0 amide bonds. The third-order valence-corrected chi connectivity index (χ3v) is 1.80. The van der Waals surface area contributed by atoms with Crippen molar-refractivity contribution < 1.29 is 22.8 Å². The number of benzene rings is 1. The molecule has 1 rings (SSSR count). The lowest BCUT2D eigenvalue weighted by atomic mass is 10.0. The summed E-state index contributed by atoms with van der Waals surface area (Å²) in [6, 6.07) is 4.22. The van der Waals surface area contributed by atoms with Crippen molar-refractivity contribution >= 4 is 11.6 Å². The van der Waals surface area contributed by atoms with E-state index in [1.807, 2.05) is 0 Å². The molecule has 2 nitrogen and oxygen atoms in total. The molecule has 0 fully saturated rings. The van der Waals surface area contributed by atoms with E-state index in [1.165, 1.54) is 12.1 Å². The monoisotopic (exact) mass is 216 g/mol. The molecule has 0 heterocycles. The van der Waals surface area contributed by atoms with E-state index in [4.69, 9.17) is 0 Å². The quantitative estimate of drug-likeness (QED) is 0.562. The molecule has 1 aromatic rings. The molecular weight excluding hydrogens is 209 g/mol. The molecule has 0 unspecified atom stereocenters. The summed E-state index contributed by atoms with van der Waals surface area (Å²) in [5, 5.41) is 0. The first-order valence-corrected chi connectivity index (χ1v) is 4.05. The number of Topliss-reactive ketones (excluding diaryl/α,β-unsaturated/α-hetero) is 2. The lowest BCUT2D eigenvalue weighted by molar-refractivity contribution is -0.137. The van der Waals surface area contributed by atoms with Crippen LogP contribution in [0.2, 0.25) is 0 Å². The standard InChI is InChI=1S/C10H7F3O2/c1-6(14)9(15)7-4-2-3-5-8(7)10(11,12)13/h2-5H,1H3. The van der Waals surface area contributed by atoms with E-state index in [-0.39, 0.29) is 0 Å². The SMILES string of the molecule is CC(=O)C(=O)c1ccccc1C(F)(F)F.